The maximum absolute atomic E-state index is 11.1. The molecule has 5 heteroatoms. The van der Waals surface area contributed by atoms with E-state index in [1.807, 2.05) is 30.7 Å². The van der Waals surface area contributed by atoms with Crippen LogP contribution in [0.15, 0.2) is 30.3 Å². The number of nitrogens with one attached hydrogen (secondary N) is 1. The third-order valence-corrected chi connectivity index (χ3v) is 2.92. The van der Waals surface area contributed by atoms with Gasteiger partial charge in [-0.1, -0.05) is 12.1 Å². The number of anilines is 1. The van der Waals surface area contributed by atoms with Crippen molar-refractivity contribution in [3.63, 3.8) is 0 Å². The number of para-hydroxylation sites is 1. The van der Waals surface area contributed by atoms with Crippen LogP contribution < -0.4 is 5.43 Å². The SMILES string of the molecule is Cc1cccc(Nn2c(C)ccc2C)c1[N+](=O)[O-]. The minimum absolute atomic E-state index is 0.116. The molecule has 2 aromatic rings. The zero-order valence-electron chi connectivity index (χ0n) is 10.6. The highest BCUT2D eigenvalue weighted by Gasteiger charge is 2.17. The first kappa shape index (κ1) is 12.2. The maximum atomic E-state index is 11.1. The standard InChI is InChI=1S/C13H15N3O2/c1-9-5-4-6-12(13(9)16(17)18)14-15-10(2)7-8-11(15)3/h4-8,14H,1-3H3. The zero-order valence-corrected chi connectivity index (χ0v) is 10.6. The van der Waals surface area contributed by atoms with E-state index in [9.17, 15) is 10.1 Å². The molecule has 0 radical (unpaired) electrons. The van der Waals surface area contributed by atoms with Gasteiger partial charge in [0.15, 0.2) is 0 Å². The molecular formula is C13H15N3O2. The summed E-state index contributed by atoms with van der Waals surface area (Å²) in [5, 5.41) is 11.1. The van der Waals surface area contributed by atoms with Crippen molar-refractivity contribution in [2.45, 2.75) is 20.8 Å². The third-order valence-electron chi connectivity index (χ3n) is 2.92. The van der Waals surface area contributed by atoms with Gasteiger partial charge in [-0.05, 0) is 39.0 Å². The zero-order chi connectivity index (χ0) is 13.3. The van der Waals surface area contributed by atoms with Crippen molar-refractivity contribution in [3.8, 4) is 0 Å². The van der Waals surface area contributed by atoms with Gasteiger partial charge in [-0.3, -0.25) is 20.2 Å². The fourth-order valence-corrected chi connectivity index (χ4v) is 1.96. The second-order valence-electron chi connectivity index (χ2n) is 4.29. The van der Waals surface area contributed by atoms with Gasteiger partial charge in [0.05, 0.1) is 4.92 Å². The number of aryl methyl sites for hydroxylation is 3. The normalized spacial score (nSPS) is 10.4. The summed E-state index contributed by atoms with van der Waals surface area (Å²) in [7, 11) is 0. The number of nitro groups is 1. The van der Waals surface area contributed by atoms with Gasteiger partial charge in [-0.15, -0.1) is 0 Å². The molecule has 18 heavy (non-hydrogen) atoms. The molecule has 94 valence electrons. The lowest BCUT2D eigenvalue weighted by molar-refractivity contribution is -0.384. The highest BCUT2D eigenvalue weighted by Crippen LogP contribution is 2.28. The van der Waals surface area contributed by atoms with Crippen LogP contribution in [-0.4, -0.2) is 9.60 Å². The topological polar surface area (TPSA) is 60.1 Å². The Morgan fingerprint density at radius 3 is 2.28 bits per heavy atom. The van der Waals surface area contributed by atoms with Crippen molar-refractivity contribution < 1.29 is 4.92 Å². The van der Waals surface area contributed by atoms with Gasteiger partial charge in [-0.2, -0.15) is 0 Å². The highest BCUT2D eigenvalue weighted by molar-refractivity contribution is 5.65. The minimum Gasteiger partial charge on any atom is -0.288 e. The molecule has 0 saturated heterocycles. The van der Waals surface area contributed by atoms with Gasteiger partial charge in [-0.25, -0.2) is 0 Å². The van der Waals surface area contributed by atoms with E-state index in [4.69, 9.17) is 0 Å². The number of aromatic nitrogens is 1. The summed E-state index contributed by atoms with van der Waals surface area (Å²) < 4.78 is 1.84. The first-order valence-corrected chi connectivity index (χ1v) is 5.66. The van der Waals surface area contributed by atoms with Crippen molar-refractivity contribution >= 4 is 11.4 Å². The van der Waals surface area contributed by atoms with E-state index in [0.717, 1.165) is 11.4 Å². The second kappa shape index (κ2) is 4.52. The predicted octanol–water partition coefficient (Wildman–Crippen LogP) is 3.20. The van der Waals surface area contributed by atoms with E-state index in [0.29, 0.717) is 11.3 Å². The van der Waals surface area contributed by atoms with Crippen LogP contribution in [0, 0.1) is 30.9 Å². The largest absolute Gasteiger partial charge is 0.296 e. The van der Waals surface area contributed by atoms with Crippen molar-refractivity contribution in [3.05, 3.63) is 57.4 Å². The van der Waals surface area contributed by atoms with Crippen LogP contribution in [0.1, 0.15) is 17.0 Å². The molecule has 0 aliphatic heterocycles. The molecule has 0 amide bonds. The van der Waals surface area contributed by atoms with Crippen LogP contribution in [0.25, 0.3) is 0 Å². The van der Waals surface area contributed by atoms with E-state index in [1.165, 1.54) is 0 Å². The molecule has 0 aliphatic rings. The molecular weight excluding hydrogens is 230 g/mol. The highest BCUT2D eigenvalue weighted by atomic mass is 16.6. The van der Waals surface area contributed by atoms with Crippen LogP contribution in [0.5, 0.6) is 0 Å². The molecule has 0 fully saturated rings. The van der Waals surface area contributed by atoms with Gasteiger partial charge < -0.3 is 0 Å². The van der Waals surface area contributed by atoms with Crippen LogP contribution in [0.3, 0.4) is 0 Å². The summed E-state index contributed by atoms with van der Waals surface area (Å²) in [4.78, 5) is 10.7. The molecule has 0 atom stereocenters. The summed E-state index contributed by atoms with van der Waals surface area (Å²) in [6.45, 7) is 5.63. The van der Waals surface area contributed by atoms with E-state index >= 15 is 0 Å². The van der Waals surface area contributed by atoms with Gasteiger partial charge in [0.2, 0.25) is 0 Å². The lowest BCUT2D eigenvalue weighted by Crippen LogP contribution is -2.13. The molecule has 0 spiro atoms. The Bertz CT molecular complexity index is 583. The molecule has 0 unspecified atom stereocenters. The Kier molecular flexibility index (Phi) is 3.06. The van der Waals surface area contributed by atoms with Crippen molar-refractivity contribution in [1.82, 2.24) is 4.68 Å². The first-order valence-electron chi connectivity index (χ1n) is 5.66. The third kappa shape index (κ3) is 2.07. The Balaban J connectivity index is 2.47. The number of hydrogen-bond donors (Lipinski definition) is 1. The van der Waals surface area contributed by atoms with Crippen molar-refractivity contribution in [1.29, 1.82) is 0 Å². The maximum Gasteiger partial charge on any atom is 0.296 e. The van der Waals surface area contributed by atoms with Crippen molar-refractivity contribution in [2.75, 3.05) is 5.43 Å². The molecule has 0 aliphatic carbocycles. The molecule has 1 N–H and O–H groups in total. The summed E-state index contributed by atoms with van der Waals surface area (Å²) in [6, 6.07) is 9.18. The lowest BCUT2D eigenvalue weighted by atomic mass is 10.2. The van der Waals surface area contributed by atoms with Crippen LogP contribution in [0.2, 0.25) is 0 Å². The van der Waals surface area contributed by atoms with Gasteiger partial charge in [0, 0.05) is 17.0 Å². The second-order valence-corrected chi connectivity index (χ2v) is 4.29. The summed E-state index contributed by atoms with van der Waals surface area (Å²) in [6.07, 6.45) is 0. The molecule has 0 bridgehead atoms. The smallest absolute Gasteiger partial charge is 0.288 e. The van der Waals surface area contributed by atoms with E-state index in [1.54, 1.807) is 25.1 Å². The molecule has 2 rings (SSSR count). The molecule has 1 aromatic carbocycles. The van der Waals surface area contributed by atoms with Crippen LogP contribution >= 0.6 is 0 Å². The summed E-state index contributed by atoms with van der Waals surface area (Å²) >= 11 is 0. The number of nitro benzene ring substituents is 1. The van der Waals surface area contributed by atoms with Crippen molar-refractivity contribution in [2.24, 2.45) is 0 Å². The van der Waals surface area contributed by atoms with Crippen LogP contribution in [0.4, 0.5) is 11.4 Å². The quantitative estimate of drug-likeness (QED) is 0.667. The van der Waals surface area contributed by atoms with Gasteiger partial charge in [0.25, 0.3) is 5.69 Å². The Hall–Kier alpha value is -2.30. The average molecular weight is 245 g/mol. The monoisotopic (exact) mass is 245 g/mol. The van der Waals surface area contributed by atoms with Gasteiger partial charge >= 0.3 is 0 Å². The number of benzene rings is 1. The van der Waals surface area contributed by atoms with E-state index < -0.39 is 0 Å². The fraction of sp³-hybridized carbons (Fsp3) is 0.231. The van der Waals surface area contributed by atoms with Crippen LogP contribution in [-0.2, 0) is 0 Å². The minimum atomic E-state index is -0.355. The lowest BCUT2D eigenvalue weighted by Gasteiger charge is -2.13. The molecule has 1 aromatic heterocycles. The average Bonchev–Trinajstić information content (AvgIpc) is 2.60. The predicted molar refractivity (Wildman–Crippen MR) is 70.8 cm³/mol. The van der Waals surface area contributed by atoms with E-state index in [2.05, 4.69) is 5.43 Å². The number of hydrogen-bond acceptors (Lipinski definition) is 3. The Morgan fingerprint density at radius 2 is 1.72 bits per heavy atom. The molecule has 5 nitrogen and oxygen atoms in total. The first-order chi connectivity index (χ1) is 8.50. The fourth-order valence-electron chi connectivity index (χ4n) is 1.96. The number of nitrogens with zero attached hydrogens (tertiary/aromatic N) is 2. The molecule has 0 saturated carbocycles. The van der Waals surface area contributed by atoms with E-state index in [-0.39, 0.29) is 10.6 Å². The number of rotatable bonds is 3. The molecule has 1 heterocycles. The van der Waals surface area contributed by atoms with Gasteiger partial charge in [0.1, 0.15) is 5.69 Å². The Morgan fingerprint density at radius 1 is 1.11 bits per heavy atom. The summed E-state index contributed by atoms with van der Waals surface area (Å²) in [5.74, 6) is 0. The summed E-state index contributed by atoms with van der Waals surface area (Å²) in [5.41, 5.74) is 6.36. The Labute approximate surface area is 105 Å².